The second kappa shape index (κ2) is 7.07. The monoisotopic (exact) mass is 366 g/mol. The lowest BCUT2D eigenvalue weighted by Crippen LogP contribution is -2.13. The summed E-state index contributed by atoms with van der Waals surface area (Å²) >= 11 is 9.25. The molecule has 0 heterocycles. The Bertz CT molecular complexity index is 658. The molecule has 1 N–H and O–H groups in total. The smallest absolute Gasteiger partial charge is 0.255 e. The van der Waals surface area contributed by atoms with Gasteiger partial charge in [-0.1, -0.05) is 23.7 Å². The molecule has 0 aliphatic carbocycles. The van der Waals surface area contributed by atoms with Crippen molar-refractivity contribution in [3.8, 4) is 0 Å². The average Bonchev–Trinajstić information content (AvgIpc) is 2.41. The molecule has 2 aromatic carbocycles. The number of carbonyl (C=O) groups is 1. The molecule has 0 fully saturated rings. The number of nitrogens with zero attached hydrogens (tertiary/aromatic N) is 1. The summed E-state index contributed by atoms with van der Waals surface area (Å²) in [5.41, 5.74) is 2.49. The summed E-state index contributed by atoms with van der Waals surface area (Å²) in [6.45, 7) is 0.830. The van der Waals surface area contributed by atoms with E-state index in [-0.39, 0.29) is 5.91 Å². The summed E-state index contributed by atoms with van der Waals surface area (Å²) < 4.78 is 0.707. The predicted octanol–water partition coefficient (Wildman–Crippen LogP) is 4.42. The molecule has 0 aliphatic rings. The summed E-state index contributed by atoms with van der Waals surface area (Å²) in [4.78, 5) is 14.3. The first kappa shape index (κ1) is 16.0. The van der Waals surface area contributed by atoms with Crippen molar-refractivity contribution >= 4 is 39.1 Å². The Morgan fingerprint density at radius 1 is 1.24 bits per heavy atom. The molecule has 0 bridgehead atoms. The zero-order chi connectivity index (χ0) is 15.4. The van der Waals surface area contributed by atoms with E-state index in [9.17, 15) is 4.79 Å². The maximum absolute atomic E-state index is 12.2. The highest BCUT2D eigenvalue weighted by atomic mass is 79.9. The van der Waals surface area contributed by atoms with E-state index >= 15 is 0 Å². The van der Waals surface area contributed by atoms with E-state index in [1.165, 1.54) is 0 Å². The first-order chi connectivity index (χ1) is 9.95. The largest absolute Gasteiger partial charge is 0.322 e. The number of benzene rings is 2. The van der Waals surface area contributed by atoms with Crippen molar-refractivity contribution in [3.63, 3.8) is 0 Å². The second-order valence-corrected chi connectivity index (χ2v) is 6.28. The first-order valence-electron chi connectivity index (χ1n) is 6.46. The molecule has 5 heteroatoms. The minimum atomic E-state index is -0.158. The van der Waals surface area contributed by atoms with Crippen LogP contribution >= 0.6 is 27.5 Å². The topological polar surface area (TPSA) is 32.3 Å². The molecule has 2 rings (SSSR count). The summed E-state index contributed by atoms with van der Waals surface area (Å²) in [6.07, 6.45) is 0. The van der Waals surface area contributed by atoms with Gasteiger partial charge in [0.05, 0.1) is 5.02 Å². The van der Waals surface area contributed by atoms with Crippen LogP contribution in [0.25, 0.3) is 0 Å². The van der Waals surface area contributed by atoms with Crippen LogP contribution in [0.5, 0.6) is 0 Å². The van der Waals surface area contributed by atoms with Crippen molar-refractivity contribution in [2.45, 2.75) is 6.54 Å². The van der Waals surface area contributed by atoms with E-state index in [1.807, 2.05) is 38.4 Å². The molecule has 0 aromatic heterocycles. The molecule has 1 amide bonds. The van der Waals surface area contributed by atoms with Gasteiger partial charge in [0.25, 0.3) is 5.91 Å². The Morgan fingerprint density at radius 2 is 2.00 bits per heavy atom. The quantitative estimate of drug-likeness (QED) is 0.868. The second-order valence-electron chi connectivity index (χ2n) is 5.02. The van der Waals surface area contributed by atoms with E-state index in [1.54, 1.807) is 18.2 Å². The van der Waals surface area contributed by atoms with Gasteiger partial charge in [-0.25, -0.2) is 0 Å². The van der Waals surface area contributed by atoms with Crippen LogP contribution in [0.2, 0.25) is 5.02 Å². The lowest BCUT2D eigenvalue weighted by atomic mass is 10.1. The third-order valence-electron chi connectivity index (χ3n) is 2.87. The minimum absolute atomic E-state index is 0.158. The van der Waals surface area contributed by atoms with Crippen molar-refractivity contribution in [1.29, 1.82) is 0 Å². The number of carbonyl (C=O) groups excluding carboxylic acids is 1. The average molecular weight is 368 g/mol. The van der Waals surface area contributed by atoms with Crippen molar-refractivity contribution in [3.05, 3.63) is 63.1 Å². The summed E-state index contributed by atoms with van der Waals surface area (Å²) in [5, 5.41) is 3.48. The molecule has 110 valence electrons. The highest BCUT2D eigenvalue weighted by Crippen LogP contribution is 2.23. The normalized spacial score (nSPS) is 10.7. The Balaban J connectivity index is 2.13. The number of hydrogen-bond donors (Lipinski definition) is 1. The molecule has 0 spiro atoms. The van der Waals surface area contributed by atoms with Crippen molar-refractivity contribution in [1.82, 2.24) is 4.90 Å². The molecular weight excluding hydrogens is 352 g/mol. The molecule has 0 aliphatic heterocycles. The molecule has 2 aromatic rings. The van der Waals surface area contributed by atoms with Crippen LogP contribution in [0.1, 0.15) is 15.9 Å². The van der Waals surface area contributed by atoms with Crippen molar-refractivity contribution in [2.24, 2.45) is 0 Å². The molecule has 0 atom stereocenters. The van der Waals surface area contributed by atoms with Gasteiger partial charge >= 0.3 is 0 Å². The molecule has 3 nitrogen and oxygen atoms in total. The van der Waals surface area contributed by atoms with E-state index < -0.39 is 0 Å². The minimum Gasteiger partial charge on any atom is -0.322 e. The van der Waals surface area contributed by atoms with E-state index in [2.05, 4.69) is 26.1 Å². The lowest BCUT2D eigenvalue weighted by Gasteiger charge is -2.11. The Morgan fingerprint density at radius 3 is 2.67 bits per heavy atom. The zero-order valence-corrected chi connectivity index (χ0v) is 14.2. The van der Waals surface area contributed by atoms with Gasteiger partial charge in [0.2, 0.25) is 0 Å². The van der Waals surface area contributed by atoms with Gasteiger partial charge in [-0.3, -0.25) is 4.79 Å². The van der Waals surface area contributed by atoms with Gasteiger partial charge in [0, 0.05) is 22.3 Å². The van der Waals surface area contributed by atoms with Gasteiger partial charge in [-0.15, -0.1) is 0 Å². The van der Waals surface area contributed by atoms with Crippen molar-refractivity contribution in [2.75, 3.05) is 19.4 Å². The SMILES string of the molecule is CN(C)Cc1cccc(NC(=O)c2ccc(Cl)c(Br)c2)c1. The van der Waals surface area contributed by atoms with Crippen LogP contribution in [0.15, 0.2) is 46.9 Å². The third-order valence-corrected chi connectivity index (χ3v) is 4.08. The fourth-order valence-electron chi connectivity index (χ4n) is 1.95. The molecule has 0 radical (unpaired) electrons. The third kappa shape index (κ3) is 4.56. The number of halogens is 2. The summed E-state index contributed by atoms with van der Waals surface area (Å²) in [7, 11) is 4.02. The van der Waals surface area contributed by atoms with Crippen LogP contribution in [0.4, 0.5) is 5.69 Å². The predicted molar refractivity (Wildman–Crippen MR) is 90.9 cm³/mol. The molecule has 0 saturated heterocycles. The number of nitrogens with one attached hydrogen (secondary N) is 1. The van der Waals surface area contributed by atoms with Gasteiger partial charge in [-0.2, -0.15) is 0 Å². The first-order valence-corrected chi connectivity index (χ1v) is 7.63. The Hall–Kier alpha value is -1.36. The maximum atomic E-state index is 12.2. The molecule has 21 heavy (non-hydrogen) atoms. The number of amides is 1. The standard InChI is InChI=1S/C16H16BrClN2O/c1-20(2)10-11-4-3-5-13(8-11)19-16(21)12-6-7-15(18)14(17)9-12/h3-9H,10H2,1-2H3,(H,19,21). The van der Waals surface area contributed by atoms with E-state index in [0.29, 0.717) is 15.1 Å². The molecular formula is C16H16BrClN2O. The fourth-order valence-corrected chi connectivity index (χ4v) is 2.45. The maximum Gasteiger partial charge on any atom is 0.255 e. The van der Waals surface area contributed by atoms with Crippen molar-refractivity contribution < 1.29 is 4.79 Å². The van der Waals surface area contributed by atoms with Gasteiger partial charge in [0.15, 0.2) is 0 Å². The van der Waals surface area contributed by atoms with Gasteiger partial charge < -0.3 is 10.2 Å². The lowest BCUT2D eigenvalue weighted by molar-refractivity contribution is 0.102. The van der Waals surface area contributed by atoms with Gasteiger partial charge in [-0.05, 0) is 65.9 Å². The number of anilines is 1. The summed E-state index contributed by atoms with van der Waals surface area (Å²) in [5.74, 6) is -0.158. The number of hydrogen-bond acceptors (Lipinski definition) is 2. The highest BCUT2D eigenvalue weighted by molar-refractivity contribution is 9.10. The number of rotatable bonds is 4. The summed E-state index contributed by atoms with van der Waals surface area (Å²) in [6, 6.07) is 12.9. The van der Waals surface area contributed by atoms with Crippen LogP contribution in [0, 0.1) is 0 Å². The van der Waals surface area contributed by atoms with Crippen LogP contribution in [-0.4, -0.2) is 24.9 Å². The molecule has 0 unspecified atom stereocenters. The Kier molecular flexibility index (Phi) is 5.39. The zero-order valence-electron chi connectivity index (χ0n) is 11.9. The van der Waals surface area contributed by atoms with Gasteiger partial charge in [0.1, 0.15) is 0 Å². The fraction of sp³-hybridized carbons (Fsp3) is 0.188. The Labute approximate surface area is 138 Å². The highest BCUT2D eigenvalue weighted by Gasteiger charge is 2.08. The van der Waals surface area contributed by atoms with E-state index in [4.69, 9.17) is 11.6 Å². The van der Waals surface area contributed by atoms with Crippen LogP contribution in [-0.2, 0) is 6.54 Å². The van der Waals surface area contributed by atoms with E-state index in [0.717, 1.165) is 17.8 Å². The van der Waals surface area contributed by atoms with Crippen LogP contribution in [0.3, 0.4) is 0 Å². The molecule has 0 saturated carbocycles. The van der Waals surface area contributed by atoms with Crippen LogP contribution < -0.4 is 5.32 Å².